The van der Waals surface area contributed by atoms with Gasteiger partial charge in [-0.2, -0.15) is 0 Å². The van der Waals surface area contributed by atoms with Crippen LogP contribution in [0.1, 0.15) is 15.9 Å². The van der Waals surface area contributed by atoms with Gasteiger partial charge in [-0.05, 0) is 36.8 Å². The molecular formula is C13H12N2O2. The third-order valence-electron chi connectivity index (χ3n) is 2.32. The van der Waals surface area contributed by atoms with Gasteiger partial charge >= 0.3 is 5.97 Å². The van der Waals surface area contributed by atoms with Gasteiger partial charge in [0, 0.05) is 11.9 Å². The van der Waals surface area contributed by atoms with Crippen LogP contribution in [-0.2, 0) is 0 Å². The van der Waals surface area contributed by atoms with E-state index < -0.39 is 5.97 Å². The highest BCUT2D eigenvalue weighted by molar-refractivity contribution is 5.93. The average molecular weight is 228 g/mol. The van der Waals surface area contributed by atoms with Crippen LogP contribution in [0.2, 0.25) is 0 Å². The molecule has 2 rings (SSSR count). The number of anilines is 2. The summed E-state index contributed by atoms with van der Waals surface area (Å²) >= 11 is 0. The zero-order valence-electron chi connectivity index (χ0n) is 9.34. The summed E-state index contributed by atoms with van der Waals surface area (Å²) in [5.74, 6) is -0.640. The highest BCUT2D eigenvalue weighted by Crippen LogP contribution is 2.18. The molecule has 0 bridgehead atoms. The maximum absolute atomic E-state index is 11.0. The van der Waals surface area contributed by atoms with E-state index in [0.717, 1.165) is 11.3 Å². The van der Waals surface area contributed by atoms with Crippen LogP contribution < -0.4 is 5.32 Å². The Morgan fingerprint density at radius 2 is 2.12 bits per heavy atom. The zero-order chi connectivity index (χ0) is 12.3. The number of carboxylic acid groups (broad SMARTS) is 1. The Labute approximate surface area is 98.9 Å². The number of hydrogen-bond donors (Lipinski definition) is 2. The SMILES string of the molecule is Cc1cccc(Nc2ncccc2C(=O)O)c1. The van der Waals surface area contributed by atoms with Gasteiger partial charge in [0.05, 0.1) is 0 Å². The van der Waals surface area contributed by atoms with Crippen molar-refractivity contribution in [1.82, 2.24) is 4.98 Å². The van der Waals surface area contributed by atoms with Gasteiger partial charge in [-0.3, -0.25) is 0 Å². The van der Waals surface area contributed by atoms with E-state index in [0.29, 0.717) is 5.82 Å². The molecule has 0 saturated carbocycles. The summed E-state index contributed by atoms with van der Waals surface area (Å²) in [5.41, 5.74) is 2.09. The van der Waals surface area contributed by atoms with Crippen molar-refractivity contribution in [1.29, 1.82) is 0 Å². The minimum atomic E-state index is -0.992. The Balaban J connectivity index is 2.33. The smallest absolute Gasteiger partial charge is 0.339 e. The molecule has 0 radical (unpaired) electrons. The van der Waals surface area contributed by atoms with E-state index in [-0.39, 0.29) is 5.56 Å². The van der Waals surface area contributed by atoms with E-state index in [2.05, 4.69) is 10.3 Å². The van der Waals surface area contributed by atoms with Crippen molar-refractivity contribution in [3.8, 4) is 0 Å². The molecule has 1 aromatic heterocycles. The first kappa shape index (κ1) is 11.1. The summed E-state index contributed by atoms with van der Waals surface area (Å²) in [5, 5.41) is 12.0. The van der Waals surface area contributed by atoms with E-state index in [1.165, 1.54) is 6.07 Å². The van der Waals surface area contributed by atoms with Crippen LogP contribution in [0.15, 0.2) is 42.6 Å². The van der Waals surface area contributed by atoms with Crippen molar-refractivity contribution in [2.45, 2.75) is 6.92 Å². The Morgan fingerprint density at radius 3 is 2.82 bits per heavy atom. The van der Waals surface area contributed by atoms with Crippen LogP contribution >= 0.6 is 0 Å². The lowest BCUT2D eigenvalue weighted by atomic mass is 10.2. The Kier molecular flexibility index (Phi) is 3.05. The molecule has 1 aromatic carbocycles. The summed E-state index contributed by atoms with van der Waals surface area (Å²) in [7, 11) is 0. The maximum Gasteiger partial charge on any atom is 0.339 e. The lowest BCUT2D eigenvalue weighted by Gasteiger charge is -2.08. The molecule has 0 aliphatic heterocycles. The highest BCUT2D eigenvalue weighted by Gasteiger charge is 2.10. The topological polar surface area (TPSA) is 62.2 Å². The minimum absolute atomic E-state index is 0.161. The van der Waals surface area contributed by atoms with Gasteiger partial charge in [-0.25, -0.2) is 9.78 Å². The van der Waals surface area contributed by atoms with Crippen molar-refractivity contribution in [3.05, 3.63) is 53.7 Å². The van der Waals surface area contributed by atoms with E-state index in [4.69, 9.17) is 5.11 Å². The second-order valence-electron chi connectivity index (χ2n) is 3.70. The number of pyridine rings is 1. The van der Waals surface area contributed by atoms with Gasteiger partial charge in [-0.1, -0.05) is 12.1 Å². The summed E-state index contributed by atoms with van der Waals surface area (Å²) in [6, 6.07) is 10.8. The summed E-state index contributed by atoms with van der Waals surface area (Å²) in [4.78, 5) is 15.0. The molecule has 0 unspecified atom stereocenters. The second kappa shape index (κ2) is 4.65. The van der Waals surface area contributed by atoms with Crippen LogP contribution in [0, 0.1) is 6.92 Å². The third-order valence-corrected chi connectivity index (χ3v) is 2.32. The van der Waals surface area contributed by atoms with E-state index in [1.807, 2.05) is 31.2 Å². The molecule has 1 heterocycles. The normalized spacial score (nSPS) is 9.94. The first-order chi connectivity index (χ1) is 8.16. The fourth-order valence-electron chi connectivity index (χ4n) is 1.54. The number of hydrogen-bond acceptors (Lipinski definition) is 3. The summed E-state index contributed by atoms with van der Waals surface area (Å²) in [6.45, 7) is 1.97. The molecule has 2 N–H and O–H groups in total. The number of aryl methyl sites for hydroxylation is 1. The average Bonchev–Trinajstić information content (AvgIpc) is 2.29. The van der Waals surface area contributed by atoms with Crippen molar-refractivity contribution < 1.29 is 9.90 Å². The molecule has 0 atom stereocenters. The standard InChI is InChI=1S/C13H12N2O2/c1-9-4-2-5-10(8-9)15-12-11(13(16)17)6-3-7-14-12/h2-8H,1H3,(H,14,15)(H,16,17). The third kappa shape index (κ3) is 2.60. The first-order valence-corrected chi connectivity index (χ1v) is 5.19. The number of benzene rings is 1. The predicted molar refractivity (Wildman–Crippen MR) is 65.7 cm³/mol. The van der Waals surface area contributed by atoms with Crippen molar-refractivity contribution in [3.63, 3.8) is 0 Å². The molecule has 4 nitrogen and oxygen atoms in total. The fraction of sp³-hybridized carbons (Fsp3) is 0.0769. The van der Waals surface area contributed by atoms with Crippen LogP contribution in [0.25, 0.3) is 0 Å². The van der Waals surface area contributed by atoms with E-state index in [1.54, 1.807) is 12.3 Å². The van der Waals surface area contributed by atoms with Gasteiger partial charge in [-0.15, -0.1) is 0 Å². The molecular weight excluding hydrogens is 216 g/mol. The zero-order valence-corrected chi connectivity index (χ0v) is 9.34. The molecule has 0 aliphatic carbocycles. The number of nitrogens with zero attached hydrogens (tertiary/aromatic N) is 1. The number of aromatic nitrogens is 1. The van der Waals surface area contributed by atoms with Gasteiger partial charge in [0.25, 0.3) is 0 Å². The minimum Gasteiger partial charge on any atom is -0.478 e. The molecule has 2 aromatic rings. The number of carboxylic acids is 1. The summed E-state index contributed by atoms with van der Waals surface area (Å²) < 4.78 is 0. The number of nitrogens with one attached hydrogen (secondary N) is 1. The van der Waals surface area contributed by atoms with Crippen LogP contribution in [0.5, 0.6) is 0 Å². The maximum atomic E-state index is 11.0. The van der Waals surface area contributed by atoms with Gasteiger partial charge in [0.1, 0.15) is 11.4 Å². The molecule has 0 saturated heterocycles. The number of rotatable bonds is 3. The van der Waals surface area contributed by atoms with Crippen molar-refractivity contribution >= 4 is 17.5 Å². The van der Waals surface area contributed by atoms with Crippen LogP contribution in [0.3, 0.4) is 0 Å². The summed E-state index contributed by atoms with van der Waals surface area (Å²) in [6.07, 6.45) is 1.56. The van der Waals surface area contributed by atoms with E-state index >= 15 is 0 Å². The van der Waals surface area contributed by atoms with E-state index in [9.17, 15) is 4.79 Å². The van der Waals surface area contributed by atoms with Crippen molar-refractivity contribution in [2.75, 3.05) is 5.32 Å². The number of carbonyl (C=O) groups is 1. The molecule has 4 heteroatoms. The van der Waals surface area contributed by atoms with Gasteiger partial charge in [0.2, 0.25) is 0 Å². The largest absolute Gasteiger partial charge is 0.478 e. The molecule has 0 aliphatic rings. The predicted octanol–water partition coefficient (Wildman–Crippen LogP) is 2.83. The van der Waals surface area contributed by atoms with Crippen molar-refractivity contribution in [2.24, 2.45) is 0 Å². The quantitative estimate of drug-likeness (QED) is 0.847. The Bertz CT molecular complexity index is 553. The fourth-order valence-corrected chi connectivity index (χ4v) is 1.54. The molecule has 0 amide bonds. The Hall–Kier alpha value is -2.36. The second-order valence-corrected chi connectivity index (χ2v) is 3.70. The molecule has 17 heavy (non-hydrogen) atoms. The monoisotopic (exact) mass is 228 g/mol. The lowest BCUT2D eigenvalue weighted by Crippen LogP contribution is -2.04. The van der Waals surface area contributed by atoms with Gasteiger partial charge < -0.3 is 10.4 Å². The van der Waals surface area contributed by atoms with Crippen LogP contribution in [-0.4, -0.2) is 16.1 Å². The Morgan fingerprint density at radius 1 is 1.29 bits per heavy atom. The lowest BCUT2D eigenvalue weighted by molar-refractivity contribution is 0.0697. The molecule has 0 fully saturated rings. The van der Waals surface area contributed by atoms with Crippen LogP contribution in [0.4, 0.5) is 11.5 Å². The molecule has 0 spiro atoms. The first-order valence-electron chi connectivity index (χ1n) is 5.19. The highest BCUT2D eigenvalue weighted by atomic mass is 16.4. The number of aromatic carboxylic acids is 1. The molecule has 86 valence electrons. The van der Waals surface area contributed by atoms with Gasteiger partial charge in [0.15, 0.2) is 0 Å².